The van der Waals surface area contributed by atoms with E-state index in [-0.39, 0.29) is 63.0 Å². The number of hydrogen-bond donors (Lipinski definition) is 0. The van der Waals surface area contributed by atoms with Crippen molar-refractivity contribution in [2.45, 2.75) is 99.8 Å². The molecule has 0 N–H and O–H groups in total. The largest absolute Gasteiger partial charge is 0.295 e. The summed E-state index contributed by atoms with van der Waals surface area (Å²) in [5.74, 6) is 0.322. The van der Waals surface area contributed by atoms with E-state index < -0.39 is 5.41 Å². The molecule has 0 aromatic rings. The Hall–Kier alpha value is -2.20. The maximum atomic E-state index is 13.9. The summed E-state index contributed by atoms with van der Waals surface area (Å²) < 4.78 is 0. The molecule has 3 fully saturated rings. The monoisotopic (exact) mass is 488 g/mol. The van der Waals surface area contributed by atoms with Gasteiger partial charge in [0.15, 0.2) is 11.6 Å². The Morgan fingerprint density at radius 1 is 0.944 bits per heavy atom. The molecular weight excluding hydrogens is 444 g/mol. The lowest BCUT2D eigenvalue weighted by molar-refractivity contribution is -0.140. The van der Waals surface area contributed by atoms with Crippen LogP contribution >= 0.6 is 0 Å². The van der Waals surface area contributed by atoms with Crippen molar-refractivity contribution >= 4 is 11.6 Å². The van der Waals surface area contributed by atoms with Crippen molar-refractivity contribution in [3.63, 3.8) is 0 Å². The number of allylic oxidation sites excluding steroid dienone is 4. The predicted octanol–water partition coefficient (Wildman–Crippen LogP) is 7.37. The Bertz CT molecular complexity index is 1100. The molecule has 4 heteroatoms. The fraction of sp³-hybridized carbons (Fsp3) is 0.750. The van der Waals surface area contributed by atoms with Crippen LogP contribution in [0.1, 0.15) is 99.8 Å². The van der Waals surface area contributed by atoms with Gasteiger partial charge in [0.2, 0.25) is 0 Å². The molecule has 5 aliphatic carbocycles. The standard InChI is InChI=1S/C29H36N2O2.C3H8/c1-17-19-6-8-27(4)20-7-9-29(16-31)11-10-26(2,3)14-21(29)24(20)22(32)12-23(27)28(19,5)13-18(15-30)25(17)33;1-3-2/h12-13,17,19-21,24H,6-11,14H2,1-5H3;3H2,1-2H3. The SMILES string of the molecule is CC1C(=O)C(C#N)=CC2(C)C3=CC(=O)C4C5CC(C)(C)CCC5(C#N)CCC4C3(C)CCC12.CCC. The van der Waals surface area contributed by atoms with Gasteiger partial charge in [-0.25, -0.2) is 0 Å². The highest BCUT2D eigenvalue weighted by atomic mass is 16.1. The summed E-state index contributed by atoms with van der Waals surface area (Å²) in [5.41, 5.74) is 0.609. The molecule has 194 valence electrons. The normalized spacial score (nSPS) is 44.5. The van der Waals surface area contributed by atoms with Crippen LogP contribution in [0.3, 0.4) is 0 Å². The maximum absolute atomic E-state index is 13.9. The second-order valence-electron chi connectivity index (χ2n) is 13.7. The van der Waals surface area contributed by atoms with E-state index >= 15 is 0 Å². The lowest BCUT2D eigenvalue weighted by Crippen LogP contribution is -2.59. The molecule has 0 aromatic carbocycles. The molecule has 3 saturated carbocycles. The quantitative estimate of drug-likeness (QED) is 0.356. The number of fused-ring (bicyclic) bond motifs is 7. The van der Waals surface area contributed by atoms with Gasteiger partial charge in [0.05, 0.1) is 17.1 Å². The van der Waals surface area contributed by atoms with Gasteiger partial charge in [-0.15, -0.1) is 0 Å². The molecule has 5 aliphatic rings. The Balaban J connectivity index is 0.000000967. The molecule has 8 unspecified atom stereocenters. The van der Waals surface area contributed by atoms with E-state index in [1.165, 1.54) is 6.42 Å². The van der Waals surface area contributed by atoms with Crippen LogP contribution in [0.4, 0.5) is 0 Å². The van der Waals surface area contributed by atoms with E-state index in [9.17, 15) is 20.1 Å². The molecule has 5 rings (SSSR count). The van der Waals surface area contributed by atoms with Crippen LogP contribution < -0.4 is 0 Å². The van der Waals surface area contributed by atoms with Gasteiger partial charge >= 0.3 is 0 Å². The first-order valence-corrected chi connectivity index (χ1v) is 14.2. The first-order valence-electron chi connectivity index (χ1n) is 14.2. The highest BCUT2D eigenvalue weighted by molar-refractivity contribution is 6.02. The fourth-order valence-corrected chi connectivity index (χ4v) is 9.09. The van der Waals surface area contributed by atoms with Gasteiger partial charge in [0.1, 0.15) is 6.07 Å². The third-order valence-corrected chi connectivity index (χ3v) is 10.9. The number of rotatable bonds is 0. The minimum Gasteiger partial charge on any atom is -0.295 e. The average Bonchev–Trinajstić information content (AvgIpc) is 2.82. The smallest absolute Gasteiger partial charge is 0.176 e. The summed E-state index contributed by atoms with van der Waals surface area (Å²) >= 11 is 0. The van der Waals surface area contributed by atoms with Crippen LogP contribution in [0.25, 0.3) is 0 Å². The van der Waals surface area contributed by atoms with E-state index in [1.807, 2.05) is 19.1 Å². The van der Waals surface area contributed by atoms with Crippen LogP contribution in [0.15, 0.2) is 23.3 Å². The summed E-state index contributed by atoms with van der Waals surface area (Å²) in [6.07, 6.45) is 11.7. The van der Waals surface area contributed by atoms with E-state index in [0.717, 1.165) is 50.5 Å². The fourth-order valence-electron chi connectivity index (χ4n) is 9.09. The van der Waals surface area contributed by atoms with Gasteiger partial charge in [-0.1, -0.05) is 66.5 Å². The van der Waals surface area contributed by atoms with Crippen LogP contribution in [-0.2, 0) is 9.59 Å². The van der Waals surface area contributed by atoms with Crippen molar-refractivity contribution in [3.8, 4) is 12.1 Å². The molecular formula is C32H44N2O2. The number of ketones is 2. The molecule has 0 amide bonds. The number of carbonyl (C=O) groups is 2. The molecule has 36 heavy (non-hydrogen) atoms. The minimum atomic E-state index is -0.443. The van der Waals surface area contributed by atoms with Gasteiger partial charge < -0.3 is 0 Å². The van der Waals surface area contributed by atoms with E-state index in [0.29, 0.717) is 0 Å². The molecule has 8 atom stereocenters. The summed E-state index contributed by atoms with van der Waals surface area (Å²) in [7, 11) is 0. The Kier molecular flexibility index (Phi) is 6.69. The molecule has 0 aromatic heterocycles. The van der Waals surface area contributed by atoms with Crippen molar-refractivity contribution in [1.82, 2.24) is 0 Å². The first kappa shape index (κ1) is 26.9. The Morgan fingerprint density at radius 3 is 2.19 bits per heavy atom. The van der Waals surface area contributed by atoms with Gasteiger partial charge in [-0.3, -0.25) is 9.59 Å². The summed E-state index contributed by atoms with van der Waals surface area (Å²) in [5, 5.41) is 19.9. The van der Waals surface area contributed by atoms with Crippen LogP contribution in [0, 0.1) is 73.9 Å². The molecule has 0 spiro atoms. The first-order chi connectivity index (χ1) is 16.8. The topological polar surface area (TPSA) is 81.7 Å². The van der Waals surface area contributed by atoms with Gasteiger partial charge in [0, 0.05) is 17.3 Å². The lowest BCUT2D eigenvalue weighted by atomic mass is 9.39. The molecule has 0 bridgehead atoms. The van der Waals surface area contributed by atoms with Crippen molar-refractivity contribution in [3.05, 3.63) is 23.3 Å². The van der Waals surface area contributed by atoms with E-state index in [4.69, 9.17) is 0 Å². The third kappa shape index (κ3) is 3.74. The Labute approximate surface area is 218 Å². The highest BCUT2D eigenvalue weighted by Crippen LogP contribution is 2.69. The minimum absolute atomic E-state index is 0.0508. The zero-order valence-corrected chi connectivity index (χ0v) is 23.4. The average molecular weight is 489 g/mol. The molecule has 0 aliphatic heterocycles. The Morgan fingerprint density at radius 2 is 1.58 bits per heavy atom. The molecule has 4 nitrogen and oxygen atoms in total. The second kappa shape index (κ2) is 8.97. The summed E-state index contributed by atoms with van der Waals surface area (Å²) in [6.45, 7) is 15.3. The van der Waals surface area contributed by atoms with Gasteiger partial charge in [-0.05, 0) is 79.6 Å². The molecule has 0 heterocycles. The van der Waals surface area contributed by atoms with Crippen LogP contribution in [0.5, 0.6) is 0 Å². The third-order valence-electron chi connectivity index (χ3n) is 10.9. The number of nitriles is 2. The van der Waals surface area contributed by atoms with Crippen molar-refractivity contribution in [2.24, 2.45) is 51.2 Å². The lowest BCUT2D eigenvalue weighted by Gasteiger charge is -2.63. The van der Waals surface area contributed by atoms with Crippen molar-refractivity contribution in [1.29, 1.82) is 10.5 Å². The van der Waals surface area contributed by atoms with E-state index in [2.05, 4.69) is 53.7 Å². The zero-order valence-electron chi connectivity index (χ0n) is 23.4. The van der Waals surface area contributed by atoms with Gasteiger partial charge in [0.25, 0.3) is 0 Å². The number of nitrogens with zero attached hydrogens (tertiary/aromatic N) is 2. The maximum Gasteiger partial charge on any atom is 0.176 e. The van der Waals surface area contributed by atoms with E-state index in [1.54, 1.807) is 0 Å². The summed E-state index contributed by atoms with van der Waals surface area (Å²) in [6, 6.07) is 4.86. The number of Topliss-reactive ketones (excluding diaryl/α,β-unsaturated/α-hetero) is 1. The summed E-state index contributed by atoms with van der Waals surface area (Å²) in [4.78, 5) is 26.7. The number of hydrogen-bond acceptors (Lipinski definition) is 4. The number of carbonyl (C=O) groups excluding carboxylic acids is 2. The van der Waals surface area contributed by atoms with Crippen molar-refractivity contribution in [2.75, 3.05) is 0 Å². The second-order valence-corrected chi connectivity index (χ2v) is 13.7. The van der Waals surface area contributed by atoms with Crippen LogP contribution in [-0.4, -0.2) is 11.6 Å². The van der Waals surface area contributed by atoms with Crippen LogP contribution in [0.2, 0.25) is 0 Å². The zero-order chi connectivity index (χ0) is 26.7. The molecule has 0 radical (unpaired) electrons. The predicted molar refractivity (Wildman–Crippen MR) is 141 cm³/mol. The highest BCUT2D eigenvalue weighted by Gasteiger charge is 2.64. The van der Waals surface area contributed by atoms with Crippen molar-refractivity contribution < 1.29 is 9.59 Å². The molecule has 0 saturated heterocycles. The van der Waals surface area contributed by atoms with Gasteiger partial charge in [-0.2, -0.15) is 10.5 Å².